The Morgan fingerprint density at radius 3 is 2.70 bits per heavy atom. The van der Waals surface area contributed by atoms with E-state index in [0.717, 1.165) is 17.2 Å². The molecule has 2 N–H and O–H groups in total. The number of hydrogen-bond donors (Lipinski definition) is 2. The van der Waals surface area contributed by atoms with Crippen molar-refractivity contribution < 1.29 is 9.90 Å². The van der Waals surface area contributed by atoms with Crippen molar-refractivity contribution in [3.8, 4) is 0 Å². The Labute approximate surface area is 159 Å². The van der Waals surface area contributed by atoms with E-state index in [9.17, 15) is 14.7 Å². The molecule has 2 aromatic rings. The predicted molar refractivity (Wildman–Crippen MR) is 107 cm³/mol. The fourth-order valence-corrected chi connectivity index (χ4v) is 5.03. The van der Waals surface area contributed by atoms with Crippen molar-refractivity contribution in [2.45, 2.75) is 58.1 Å². The van der Waals surface area contributed by atoms with Gasteiger partial charge in [-0.15, -0.1) is 0 Å². The molecule has 144 valence electrons. The molecule has 2 aliphatic rings. The van der Waals surface area contributed by atoms with Gasteiger partial charge in [-0.25, -0.2) is 0 Å². The van der Waals surface area contributed by atoms with E-state index in [-0.39, 0.29) is 18.0 Å². The first kappa shape index (κ1) is 18.2. The molecular formula is C22H28N2O3. The first-order valence-electron chi connectivity index (χ1n) is 9.94. The lowest BCUT2D eigenvalue weighted by atomic mass is 9.86. The molecule has 1 aromatic heterocycles. The minimum absolute atomic E-state index is 0.0423. The summed E-state index contributed by atoms with van der Waals surface area (Å²) in [6.07, 6.45) is 7.37. The van der Waals surface area contributed by atoms with Crippen LogP contribution in [-0.2, 0) is 11.3 Å². The Bertz CT molecular complexity index is 925. The van der Waals surface area contributed by atoms with Gasteiger partial charge in [0.15, 0.2) is 0 Å². The molecule has 27 heavy (non-hydrogen) atoms. The monoisotopic (exact) mass is 368 g/mol. The van der Waals surface area contributed by atoms with Gasteiger partial charge in [0, 0.05) is 29.1 Å². The van der Waals surface area contributed by atoms with Gasteiger partial charge in [0.25, 0.3) is 5.56 Å². The molecule has 0 radical (unpaired) electrons. The van der Waals surface area contributed by atoms with Crippen molar-refractivity contribution in [3.63, 3.8) is 0 Å². The standard InChI is InChI=1S/C22H28N2O3/c1-22(2,27)13-24-9-8-17-18(21(24)26)4-3-5-19(17)23-20(25)12-16-11-14-6-7-15(16)10-14/h3-5,8-9,14-16,27H,6-7,10-13H2,1-2H3,(H,23,25)/t14-,15-,16?/m1/s1. The van der Waals surface area contributed by atoms with Crippen molar-refractivity contribution in [2.24, 2.45) is 17.8 Å². The highest BCUT2D eigenvalue weighted by Crippen LogP contribution is 2.49. The quantitative estimate of drug-likeness (QED) is 0.848. The summed E-state index contributed by atoms with van der Waals surface area (Å²) in [5.74, 6) is 2.12. The number of amides is 1. The maximum absolute atomic E-state index is 12.7. The van der Waals surface area contributed by atoms with Crippen LogP contribution in [0.25, 0.3) is 10.8 Å². The van der Waals surface area contributed by atoms with E-state index in [2.05, 4.69) is 5.32 Å². The molecule has 2 saturated carbocycles. The lowest BCUT2D eigenvalue weighted by Crippen LogP contribution is -2.32. The lowest BCUT2D eigenvalue weighted by molar-refractivity contribution is -0.117. The summed E-state index contributed by atoms with van der Waals surface area (Å²) < 4.78 is 1.52. The fraction of sp³-hybridized carbons (Fsp3) is 0.545. The average molecular weight is 368 g/mol. The zero-order valence-corrected chi connectivity index (χ0v) is 16.1. The largest absolute Gasteiger partial charge is 0.389 e. The lowest BCUT2D eigenvalue weighted by Gasteiger charge is -2.21. The third-order valence-corrected chi connectivity index (χ3v) is 6.18. The van der Waals surface area contributed by atoms with Crippen molar-refractivity contribution >= 4 is 22.4 Å². The second kappa shape index (κ2) is 6.79. The maximum Gasteiger partial charge on any atom is 0.258 e. The number of hydrogen-bond acceptors (Lipinski definition) is 3. The van der Waals surface area contributed by atoms with Crippen molar-refractivity contribution in [1.29, 1.82) is 0 Å². The molecule has 3 atom stereocenters. The molecule has 0 aliphatic heterocycles. The molecule has 1 unspecified atom stereocenters. The van der Waals surface area contributed by atoms with Crippen LogP contribution in [0.15, 0.2) is 35.3 Å². The number of fused-ring (bicyclic) bond motifs is 3. The highest BCUT2D eigenvalue weighted by atomic mass is 16.3. The molecule has 5 heteroatoms. The van der Waals surface area contributed by atoms with Gasteiger partial charge >= 0.3 is 0 Å². The van der Waals surface area contributed by atoms with Gasteiger partial charge in [0.2, 0.25) is 5.91 Å². The highest BCUT2D eigenvalue weighted by Gasteiger charge is 2.40. The minimum atomic E-state index is -0.968. The number of aromatic nitrogens is 1. The third kappa shape index (κ3) is 3.79. The molecule has 2 bridgehead atoms. The fourth-order valence-electron chi connectivity index (χ4n) is 5.03. The number of benzene rings is 1. The smallest absolute Gasteiger partial charge is 0.258 e. The second-order valence-corrected chi connectivity index (χ2v) is 9.02. The van der Waals surface area contributed by atoms with E-state index in [1.165, 1.54) is 30.3 Å². The molecule has 0 spiro atoms. The second-order valence-electron chi connectivity index (χ2n) is 9.02. The Hall–Kier alpha value is -2.14. The Kier molecular flexibility index (Phi) is 4.58. The predicted octanol–water partition coefficient (Wildman–Crippen LogP) is 3.54. The highest BCUT2D eigenvalue weighted by molar-refractivity contribution is 6.01. The zero-order chi connectivity index (χ0) is 19.2. The van der Waals surface area contributed by atoms with Gasteiger partial charge in [-0.3, -0.25) is 9.59 Å². The van der Waals surface area contributed by atoms with Gasteiger partial charge in [0.05, 0.1) is 12.1 Å². The summed E-state index contributed by atoms with van der Waals surface area (Å²) in [6.45, 7) is 3.58. The van der Waals surface area contributed by atoms with Crippen molar-refractivity contribution in [1.82, 2.24) is 4.57 Å². The van der Waals surface area contributed by atoms with E-state index in [1.54, 1.807) is 32.2 Å². The molecule has 0 saturated heterocycles. The number of rotatable bonds is 5. The zero-order valence-electron chi connectivity index (χ0n) is 16.1. The summed E-state index contributed by atoms with van der Waals surface area (Å²) in [6, 6.07) is 7.26. The number of pyridine rings is 1. The molecule has 5 nitrogen and oxygen atoms in total. The summed E-state index contributed by atoms with van der Waals surface area (Å²) in [5.41, 5.74) is -0.434. The Morgan fingerprint density at radius 2 is 2.04 bits per heavy atom. The summed E-state index contributed by atoms with van der Waals surface area (Å²) in [5, 5.41) is 14.3. The van der Waals surface area contributed by atoms with Crippen LogP contribution < -0.4 is 10.9 Å². The van der Waals surface area contributed by atoms with Crippen LogP contribution in [0.3, 0.4) is 0 Å². The summed E-state index contributed by atoms with van der Waals surface area (Å²) >= 11 is 0. The molecule has 2 aliphatic carbocycles. The van der Waals surface area contributed by atoms with Crippen LogP contribution in [-0.4, -0.2) is 21.2 Å². The molecular weight excluding hydrogens is 340 g/mol. The third-order valence-electron chi connectivity index (χ3n) is 6.18. The van der Waals surface area contributed by atoms with Gasteiger partial charge in [0.1, 0.15) is 0 Å². The Morgan fingerprint density at radius 1 is 1.22 bits per heavy atom. The summed E-state index contributed by atoms with van der Waals surface area (Å²) in [7, 11) is 0. The number of aliphatic hydroxyl groups is 1. The SMILES string of the molecule is CC(C)(O)Cn1ccc2c(NC(=O)CC3C[C@@H]4CC[C@@H]3C4)cccc2c1=O. The van der Waals surface area contributed by atoms with Gasteiger partial charge in [-0.05, 0) is 69.1 Å². The van der Waals surface area contributed by atoms with Crippen LogP contribution >= 0.6 is 0 Å². The van der Waals surface area contributed by atoms with E-state index in [4.69, 9.17) is 0 Å². The molecule has 1 aromatic carbocycles. The van der Waals surface area contributed by atoms with Gasteiger partial charge < -0.3 is 15.0 Å². The number of anilines is 1. The normalized spacial score (nSPS) is 24.5. The van der Waals surface area contributed by atoms with Crippen LogP contribution in [0, 0.1) is 17.8 Å². The van der Waals surface area contributed by atoms with E-state index in [1.807, 2.05) is 12.1 Å². The van der Waals surface area contributed by atoms with E-state index >= 15 is 0 Å². The van der Waals surface area contributed by atoms with Gasteiger partial charge in [-0.1, -0.05) is 12.5 Å². The summed E-state index contributed by atoms with van der Waals surface area (Å²) in [4.78, 5) is 25.3. The molecule has 4 rings (SSSR count). The van der Waals surface area contributed by atoms with Crippen LogP contribution in [0.5, 0.6) is 0 Å². The van der Waals surface area contributed by atoms with E-state index in [0.29, 0.717) is 23.4 Å². The first-order valence-corrected chi connectivity index (χ1v) is 9.94. The average Bonchev–Trinajstić information content (AvgIpc) is 3.19. The first-order chi connectivity index (χ1) is 12.8. The maximum atomic E-state index is 12.7. The minimum Gasteiger partial charge on any atom is -0.389 e. The van der Waals surface area contributed by atoms with Crippen LogP contribution in [0.2, 0.25) is 0 Å². The molecule has 1 amide bonds. The Balaban J connectivity index is 1.54. The number of nitrogens with zero attached hydrogens (tertiary/aromatic N) is 1. The van der Waals surface area contributed by atoms with Gasteiger partial charge in [-0.2, -0.15) is 0 Å². The topological polar surface area (TPSA) is 71.3 Å². The molecule has 2 fully saturated rings. The van der Waals surface area contributed by atoms with E-state index < -0.39 is 5.60 Å². The number of carbonyl (C=O) groups is 1. The van der Waals surface area contributed by atoms with Crippen LogP contribution in [0.1, 0.15) is 46.0 Å². The molecule has 1 heterocycles. The number of carbonyl (C=O) groups excluding carboxylic acids is 1. The van der Waals surface area contributed by atoms with Crippen molar-refractivity contribution in [3.05, 3.63) is 40.8 Å². The number of nitrogens with one attached hydrogen (secondary N) is 1. The van der Waals surface area contributed by atoms with Crippen molar-refractivity contribution in [2.75, 3.05) is 5.32 Å². The van der Waals surface area contributed by atoms with Crippen LogP contribution in [0.4, 0.5) is 5.69 Å².